The molecule has 0 radical (unpaired) electrons. The fourth-order valence-electron chi connectivity index (χ4n) is 3.30. The fourth-order valence-corrected chi connectivity index (χ4v) is 5.02. The number of amides is 1. The first-order valence-corrected chi connectivity index (χ1v) is 11.3. The van der Waals surface area contributed by atoms with E-state index in [2.05, 4.69) is 10.3 Å². The second kappa shape index (κ2) is 9.32. The Morgan fingerprint density at radius 3 is 2.81 bits per heavy atom. The Morgan fingerprint density at radius 1 is 1.19 bits per heavy atom. The second-order valence-corrected chi connectivity index (χ2v) is 8.57. The lowest BCUT2D eigenvalue weighted by atomic mass is 10.1. The highest BCUT2D eigenvalue weighted by Gasteiger charge is 2.15. The quantitative estimate of drug-likeness (QED) is 0.439. The number of aromatic nitrogens is 2. The van der Waals surface area contributed by atoms with E-state index in [1.165, 1.54) is 22.2 Å². The lowest BCUT2D eigenvalue weighted by molar-refractivity contribution is -0.121. The molecule has 1 aromatic carbocycles. The zero-order valence-electron chi connectivity index (χ0n) is 17.1. The molecule has 0 fully saturated rings. The minimum Gasteiger partial charge on any atom is -0.497 e. The number of thiophene rings is 2. The molecular formula is C22H21N3O4S2. The Bertz CT molecular complexity index is 1260. The zero-order valence-corrected chi connectivity index (χ0v) is 18.7. The fraction of sp³-hybridized carbons (Fsp3) is 0.227. The molecule has 0 atom stereocenters. The van der Waals surface area contributed by atoms with Gasteiger partial charge in [0.25, 0.3) is 5.56 Å². The molecule has 160 valence electrons. The van der Waals surface area contributed by atoms with Crippen molar-refractivity contribution in [1.29, 1.82) is 0 Å². The molecule has 0 aliphatic carbocycles. The van der Waals surface area contributed by atoms with Crippen molar-refractivity contribution in [2.45, 2.75) is 13.0 Å². The smallest absolute Gasteiger partial charge is 0.263 e. The SMILES string of the molecule is COc1ccc(CCNC(=O)Cn2cnc3scc(-c4cccs4)c3c2=O)c(OC)c1. The van der Waals surface area contributed by atoms with E-state index in [1.807, 2.05) is 41.1 Å². The molecule has 3 heterocycles. The Kier molecular flexibility index (Phi) is 6.34. The van der Waals surface area contributed by atoms with Gasteiger partial charge in [0.1, 0.15) is 22.9 Å². The molecule has 0 unspecified atom stereocenters. The van der Waals surface area contributed by atoms with Crippen molar-refractivity contribution in [3.8, 4) is 21.9 Å². The zero-order chi connectivity index (χ0) is 21.8. The Hall–Kier alpha value is -3.17. The van der Waals surface area contributed by atoms with E-state index < -0.39 is 0 Å². The van der Waals surface area contributed by atoms with Crippen LogP contribution < -0.4 is 20.3 Å². The first kappa shape index (κ1) is 21.1. The summed E-state index contributed by atoms with van der Waals surface area (Å²) in [6.07, 6.45) is 2.03. The van der Waals surface area contributed by atoms with Crippen LogP contribution in [0.1, 0.15) is 5.56 Å². The van der Waals surface area contributed by atoms with Crippen LogP contribution in [0.3, 0.4) is 0 Å². The number of fused-ring (bicyclic) bond motifs is 1. The average Bonchev–Trinajstić information content (AvgIpc) is 3.46. The van der Waals surface area contributed by atoms with Crippen LogP contribution in [-0.2, 0) is 17.8 Å². The number of nitrogens with zero attached hydrogens (tertiary/aromatic N) is 2. The van der Waals surface area contributed by atoms with Gasteiger partial charge in [0, 0.05) is 28.4 Å². The largest absolute Gasteiger partial charge is 0.497 e. The van der Waals surface area contributed by atoms with Crippen molar-refractivity contribution in [3.05, 3.63) is 63.3 Å². The van der Waals surface area contributed by atoms with Gasteiger partial charge in [-0.15, -0.1) is 22.7 Å². The summed E-state index contributed by atoms with van der Waals surface area (Å²) in [6.45, 7) is 0.339. The minimum absolute atomic E-state index is 0.0821. The predicted molar refractivity (Wildman–Crippen MR) is 123 cm³/mol. The van der Waals surface area contributed by atoms with Crippen LogP contribution in [0.4, 0.5) is 0 Å². The number of hydrogen-bond donors (Lipinski definition) is 1. The normalized spacial score (nSPS) is 10.9. The molecule has 0 aliphatic heterocycles. The summed E-state index contributed by atoms with van der Waals surface area (Å²) < 4.78 is 11.9. The van der Waals surface area contributed by atoms with Gasteiger partial charge < -0.3 is 14.8 Å². The van der Waals surface area contributed by atoms with Gasteiger partial charge in [-0.05, 0) is 29.5 Å². The maximum absolute atomic E-state index is 13.0. The van der Waals surface area contributed by atoms with Gasteiger partial charge in [0.05, 0.1) is 25.9 Å². The summed E-state index contributed by atoms with van der Waals surface area (Å²) in [5.74, 6) is 1.17. The predicted octanol–water partition coefficient (Wildman–Crippen LogP) is 3.56. The highest BCUT2D eigenvalue weighted by molar-refractivity contribution is 7.18. The topological polar surface area (TPSA) is 82.5 Å². The van der Waals surface area contributed by atoms with Gasteiger partial charge in [-0.3, -0.25) is 14.2 Å². The van der Waals surface area contributed by atoms with Crippen molar-refractivity contribution >= 4 is 38.8 Å². The summed E-state index contributed by atoms with van der Waals surface area (Å²) in [4.78, 5) is 31.5. The molecule has 0 saturated carbocycles. The molecule has 0 saturated heterocycles. The minimum atomic E-state index is -0.247. The van der Waals surface area contributed by atoms with Crippen molar-refractivity contribution < 1.29 is 14.3 Å². The first-order valence-electron chi connectivity index (χ1n) is 9.59. The molecular weight excluding hydrogens is 434 g/mol. The number of nitrogens with one attached hydrogen (secondary N) is 1. The van der Waals surface area contributed by atoms with E-state index in [0.29, 0.717) is 34.7 Å². The van der Waals surface area contributed by atoms with Gasteiger partial charge in [-0.1, -0.05) is 12.1 Å². The number of carbonyl (C=O) groups excluding carboxylic acids is 1. The highest BCUT2D eigenvalue weighted by Crippen LogP contribution is 2.33. The third-order valence-electron chi connectivity index (χ3n) is 4.87. The molecule has 1 amide bonds. The number of rotatable bonds is 8. The van der Waals surface area contributed by atoms with Crippen LogP contribution in [0, 0.1) is 0 Å². The van der Waals surface area contributed by atoms with E-state index in [1.54, 1.807) is 25.6 Å². The van der Waals surface area contributed by atoms with Gasteiger partial charge in [0.2, 0.25) is 5.91 Å². The van der Waals surface area contributed by atoms with Crippen molar-refractivity contribution in [1.82, 2.24) is 14.9 Å². The molecule has 0 aliphatic rings. The Morgan fingerprint density at radius 2 is 2.06 bits per heavy atom. The maximum Gasteiger partial charge on any atom is 0.263 e. The maximum atomic E-state index is 13.0. The van der Waals surface area contributed by atoms with E-state index in [9.17, 15) is 9.59 Å². The molecule has 0 bridgehead atoms. The van der Waals surface area contributed by atoms with Crippen LogP contribution >= 0.6 is 22.7 Å². The summed E-state index contributed by atoms with van der Waals surface area (Å²) >= 11 is 3.00. The first-order chi connectivity index (χ1) is 15.1. The molecule has 7 nitrogen and oxygen atoms in total. The standard InChI is InChI=1S/C22H21N3O4S2/c1-28-15-6-5-14(17(10-15)29-2)7-8-23-19(26)11-25-13-24-21-20(22(25)27)16(12-31-21)18-4-3-9-30-18/h3-6,9-10,12-13H,7-8,11H2,1-2H3,(H,23,26). The van der Waals surface area contributed by atoms with Crippen LogP contribution in [-0.4, -0.2) is 36.2 Å². The third kappa shape index (κ3) is 4.47. The molecule has 4 aromatic rings. The number of methoxy groups -OCH3 is 2. The number of benzene rings is 1. The van der Waals surface area contributed by atoms with Crippen LogP contribution in [0.2, 0.25) is 0 Å². The summed E-state index contributed by atoms with van der Waals surface area (Å²) in [6, 6.07) is 9.50. The summed E-state index contributed by atoms with van der Waals surface area (Å²) in [5.41, 5.74) is 1.62. The van der Waals surface area contributed by atoms with Crippen LogP contribution in [0.25, 0.3) is 20.7 Å². The van der Waals surface area contributed by atoms with Crippen LogP contribution in [0.15, 0.2) is 52.2 Å². The van der Waals surface area contributed by atoms with Gasteiger partial charge in [-0.25, -0.2) is 4.98 Å². The van der Waals surface area contributed by atoms with Gasteiger partial charge >= 0.3 is 0 Å². The van der Waals surface area contributed by atoms with Crippen molar-refractivity contribution in [3.63, 3.8) is 0 Å². The summed E-state index contributed by atoms with van der Waals surface area (Å²) in [5, 5.41) is 7.34. The van der Waals surface area contributed by atoms with E-state index in [-0.39, 0.29) is 18.0 Å². The molecule has 3 aromatic heterocycles. The molecule has 31 heavy (non-hydrogen) atoms. The number of ether oxygens (including phenoxy) is 2. The van der Waals surface area contributed by atoms with Crippen molar-refractivity contribution in [2.24, 2.45) is 0 Å². The Labute approximate surface area is 186 Å². The molecule has 9 heteroatoms. The van der Waals surface area contributed by atoms with Crippen molar-refractivity contribution in [2.75, 3.05) is 20.8 Å². The third-order valence-corrected chi connectivity index (χ3v) is 6.66. The second-order valence-electron chi connectivity index (χ2n) is 6.76. The molecule has 0 spiro atoms. The average molecular weight is 456 g/mol. The van der Waals surface area contributed by atoms with E-state index >= 15 is 0 Å². The lowest BCUT2D eigenvalue weighted by Crippen LogP contribution is -2.33. The highest BCUT2D eigenvalue weighted by atomic mass is 32.1. The number of carbonyl (C=O) groups is 1. The monoisotopic (exact) mass is 455 g/mol. The Balaban J connectivity index is 1.44. The lowest BCUT2D eigenvalue weighted by Gasteiger charge is -2.11. The van der Waals surface area contributed by atoms with E-state index in [0.717, 1.165) is 16.0 Å². The molecule has 4 rings (SSSR count). The summed E-state index contributed by atoms with van der Waals surface area (Å²) in [7, 11) is 3.20. The number of hydrogen-bond acceptors (Lipinski definition) is 7. The van der Waals surface area contributed by atoms with Gasteiger partial charge in [-0.2, -0.15) is 0 Å². The molecule has 1 N–H and O–H groups in total. The van der Waals surface area contributed by atoms with E-state index in [4.69, 9.17) is 9.47 Å². The van der Waals surface area contributed by atoms with Crippen LogP contribution in [0.5, 0.6) is 11.5 Å². The van der Waals surface area contributed by atoms with Gasteiger partial charge in [0.15, 0.2) is 0 Å².